The number of rotatable bonds is 0. The first-order valence-corrected chi connectivity index (χ1v) is 20.2. The van der Waals surface area contributed by atoms with Gasteiger partial charge >= 0.3 is 0 Å². The van der Waals surface area contributed by atoms with Gasteiger partial charge in [0.15, 0.2) is 0 Å². The van der Waals surface area contributed by atoms with Gasteiger partial charge in [0, 0.05) is 36.8 Å². The molecule has 270 valence electrons. The highest BCUT2D eigenvalue weighted by Gasteiger charge is 2.52. The highest BCUT2D eigenvalue weighted by Crippen LogP contribution is 2.64. The molecule has 0 unspecified atom stereocenters. The molecule has 0 saturated carbocycles. The van der Waals surface area contributed by atoms with Crippen molar-refractivity contribution in [2.75, 3.05) is 0 Å². The molecule has 6 heteroatoms. The fourth-order valence-electron chi connectivity index (χ4n) is 9.80. The van der Waals surface area contributed by atoms with Gasteiger partial charge in [-0.2, -0.15) is 5.26 Å². The summed E-state index contributed by atoms with van der Waals surface area (Å²) in [6.07, 6.45) is 0. The van der Waals surface area contributed by atoms with E-state index < -0.39 is 10.8 Å². The standard InChI is InChI=1S/C26H14ClNO.C25H14BrClO/c27-17-10-12-21-19(14-17)18-13-16(15-28)9-11-20(18)26(21)22-5-1-3-7-24(22)29-25-8-4-2-6-23(25)26;26-15-9-11-19-17(13-15)18-14-16(27)10-12-20(18)25(19)21-5-1-3-7-23(21)28-24-8-4-2-6-22(24)25/h1-14H;1-14H. The highest BCUT2D eigenvalue weighted by molar-refractivity contribution is 9.10. The quantitative estimate of drug-likeness (QED) is 0.153. The van der Waals surface area contributed by atoms with Crippen molar-refractivity contribution in [2.45, 2.75) is 10.8 Å². The molecule has 12 rings (SSSR count). The Hall–Kier alpha value is -6.09. The summed E-state index contributed by atoms with van der Waals surface area (Å²) >= 11 is 16.5. The van der Waals surface area contributed by atoms with Crippen molar-refractivity contribution >= 4 is 39.1 Å². The van der Waals surface area contributed by atoms with Gasteiger partial charge in [0.2, 0.25) is 0 Å². The molecule has 3 nitrogen and oxygen atoms in total. The molecule has 2 spiro atoms. The van der Waals surface area contributed by atoms with Crippen molar-refractivity contribution in [2.24, 2.45) is 0 Å². The van der Waals surface area contributed by atoms with Crippen LogP contribution < -0.4 is 9.47 Å². The molecule has 2 aliphatic carbocycles. The predicted molar refractivity (Wildman–Crippen MR) is 230 cm³/mol. The predicted octanol–water partition coefficient (Wildman–Crippen LogP) is 14.3. The Morgan fingerprint density at radius 3 is 1.18 bits per heavy atom. The molecular weight excluding hydrogens is 809 g/mol. The van der Waals surface area contributed by atoms with Gasteiger partial charge in [-0.15, -0.1) is 0 Å². The molecule has 2 heterocycles. The molecule has 8 aromatic carbocycles. The number of ether oxygens (including phenoxy) is 2. The summed E-state index contributed by atoms with van der Waals surface area (Å²) in [7, 11) is 0. The summed E-state index contributed by atoms with van der Waals surface area (Å²) in [5, 5.41) is 10.9. The molecule has 4 aliphatic rings. The zero-order valence-electron chi connectivity index (χ0n) is 30.1. The van der Waals surface area contributed by atoms with Crippen LogP contribution in [0.3, 0.4) is 0 Å². The average Bonchev–Trinajstić information content (AvgIpc) is 3.67. The number of benzene rings is 8. The van der Waals surface area contributed by atoms with Crippen LogP contribution in [0.15, 0.2) is 174 Å². The number of para-hydroxylation sites is 4. The lowest BCUT2D eigenvalue weighted by Crippen LogP contribution is -2.32. The van der Waals surface area contributed by atoms with Crippen molar-refractivity contribution < 1.29 is 9.47 Å². The fourth-order valence-corrected chi connectivity index (χ4v) is 10.5. The Morgan fingerprint density at radius 1 is 0.404 bits per heavy atom. The summed E-state index contributed by atoms with van der Waals surface area (Å²) in [6.45, 7) is 0. The van der Waals surface area contributed by atoms with E-state index in [1.54, 1.807) is 0 Å². The maximum absolute atomic E-state index is 9.49. The van der Waals surface area contributed by atoms with Crippen molar-refractivity contribution in [3.63, 3.8) is 0 Å². The SMILES string of the molecule is Clc1ccc2c(c1)-c1cc(Br)ccc1C21c2ccccc2Oc2ccccc21.N#Cc1ccc2c(c1)-c1cc(Cl)ccc1C21c2ccccc2Oc2ccccc21. The Balaban J connectivity index is 0.000000131. The van der Waals surface area contributed by atoms with Crippen LogP contribution in [0.1, 0.15) is 50.1 Å². The van der Waals surface area contributed by atoms with Crippen molar-refractivity contribution in [3.8, 4) is 51.3 Å². The molecule has 2 aliphatic heterocycles. The van der Waals surface area contributed by atoms with Crippen LogP contribution in [-0.2, 0) is 10.8 Å². The summed E-state index contributed by atoms with van der Waals surface area (Å²) in [5.74, 6) is 3.50. The minimum absolute atomic E-state index is 0.415. The zero-order valence-corrected chi connectivity index (χ0v) is 33.2. The van der Waals surface area contributed by atoms with Crippen LogP contribution in [0.4, 0.5) is 0 Å². The van der Waals surface area contributed by atoms with Gasteiger partial charge in [-0.3, -0.25) is 0 Å². The van der Waals surface area contributed by atoms with Crippen LogP contribution >= 0.6 is 39.1 Å². The van der Waals surface area contributed by atoms with Gasteiger partial charge in [-0.25, -0.2) is 0 Å². The molecule has 57 heavy (non-hydrogen) atoms. The van der Waals surface area contributed by atoms with Gasteiger partial charge in [-0.05, 0) is 117 Å². The molecule has 8 aromatic rings. The van der Waals surface area contributed by atoms with Crippen molar-refractivity contribution in [1.29, 1.82) is 5.26 Å². The minimum Gasteiger partial charge on any atom is -0.457 e. The van der Waals surface area contributed by atoms with E-state index in [4.69, 9.17) is 32.7 Å². The van der Waals surface area contributed by atoms with Gasteiger partial charge in [-0.1, -0.05) is 136 Å². The summed E-state index contributed by atoms with van der Waals surface area (Å²) in [5.41, 5.74) is 13.6. The summed E-state index contributed by atoms with van der Waals surface area (Å²) in [4.78, 5) is 0. The van der Waals surface area contributed by atoms with Gasteiger partial charge in [0.1, 0.15) is 23.0 Å². The van der Waals surface area contributed by atoms with E-state index in [2.05, 4.69) is 125 Å². The Bertz CT molecular complexity index is 2910. The molecule has 0 saturated heterocycles. The Morgan fingerprint density at radius 2 is 0.754 bits per heavy atom. The zero-order chi connectivity index (χ0) is 38.5. The van der Waals surface area contributed by atoms with E-state index in [1.807, 2.05) is 66.7 Å². The van der Waals surface area contributed by atoms with Crippen LogP contribution in [0, 0.1) is 11.3 Å². The van der Waals surface area contributed by atoms with Crippen molar-refractivity contribution in [1.82, 2.24) is 0 Å². The van der Waals surface area contributed by atoms with Crippen LogP contribution in [-0.4, -0.2) is 0 Å². The van der Waals surface area contributed by atoms with Gasteiger partial charge in [0.05, 0.1) is 22.5 Å². The molecule has 0 radical (unpaired) electrons. The minimum atomic E-state index is -0.505. The lowest BCUT2D eigenvalue weighted by molar-refractivity contribution is 0.436. The third-order valence-electron chi connectivity index (χ3n) is 11.9. The smallest absolute Gasteiger partial charge is 0.132 e. The number of fused-ring (bicyclic) bond motifs is 18. The van der Waals surface area contributed by atoms with E-state index in [0.717, 1.165) is 65.9 Å². The lowest BCUT2D eigenvalue weighted by Gasteiger charge is -2.39. The van der Waals surface area contributed by atoms with E-state index in [-0.39, 0.29) is 0 Å². The molecule has 0 bridgehead atoms. The summed E-state index contributed by atoms with van der Waals surface area (Å²) < 4.78 is 13.6. The second-order valence-electron chi connectivity index (χ2n) is 14.6. The maximum atomic E-state index is 9.49. The third-order valence-corrected chi connectivity index (χ3v) is 12.9. The second kappa shape index (κ2) is 12.7. The van der Waals surface area contributed by atoms with E-state index in [0.29, 0.717) is 10.6 Å². The Labute approximate surface area is 348 Å². The Kier molecular flexibility index (Phi) is 7.62. The van der Waals surface area contributed by atoms with E-state index in [1.165, 1.54) is 33.4 Å². The first-order valence-electron chi connectivity index (χ1n) is 18.6. The molecule has 0 atom stereocenters. The largest absolute Gasteiger partial charge is 0.457 e. The fraction of sp³-hybridized carbons (Fsp3) is 0.0392. The number of halogens is 3. The van der Waals surface area contributed by atoms with Gasteiger partial charge < -0.3 is 9.47 Å². The number of hydrogen-bond acceptors (Lipinski definition) is 3. The molecular formula is C51H28BrCl2NO2. The first-order chi connectivity index (χ1) is 27.9. The van der Waals surface area contributed by atoms with Crippen LogP contribution in [0.25, 0.3) is 22.3 Å². The number of nitriles is 1. The summed E-state index contributed by atoms with van der Waals surface area (Å²) in [6, 6.07) is 60.2. The lowest BCUT2D eigenvalue weighted by atomic mass is 9.66. The molecule has 0 N–H and O–H groups in total. The number of nitrogens with zero attached hydrogens (tertiary/aromatic N) is 1. The molecule has 0 amide bonds. The molecule has 0 fully saturated rings. The average molecular weight is 838 g/mol. The highest BCUT2D eigenvalue weighted by atomic mass is 79.9. The maximum Gasteiger partial charge on any atom is 0.132 e. The molecule has 0 aromatic heterocycles. The second-order valence-corrected chi connectivity index (χ2v) is 16.4. The topological polar surface area (TPSA) is 42.2 Å². The number of hydrogen-bond donors (Lipinski definition) is 0. The third kappa shape index (κ3) is 4.71. The normalized spacial score (nSPS) is 14.4. The van der Waals surface area contributed by atoms with Crippen molar-refractivity contribution in [3.05, 3.63) is 234 Å². The first kappa shape index (κ1) is 34.2. The van der Waals surface area contributed by atoms with E-state index >= 15 is 0 Å². The van der Waals surface area contributed by atoms with Gasteiger partial charge in [0.25, 0.3) is 0 Å². The van der Waals surface area contributed by atoms with E-state index in [9.17, 15) is 5.26 Å². The monoisotopic (exact) mass is 835 g/mol. The van der Waals surface area contributed by atoms with Crippen LogP contribution in [0.5, 0.6) is 23.0 Å². The van der Waals surface area contributed by atoms with Crippen LogP contribution in [0.2, 0.25) is 10.0 Å².